The van der Waals surface area contributed by atoms with E-state index in [0.29, 0.717) is 41.1 Å². The second-order valence-corrected chi connectivity index (χ2v) is 6.91. The van der Waals surface area contributed by atoms with Crippen molar-refractivity contribution in [1.29, 1.82) is 0 Å². The molecule has 0 aliphatic rings. The number of carbonyl (C=O) groups excluding carboxylic acids is 1. The summed E-state index contributed by atoms with van der Waals surface area (Å²) in [5.74, 6) is 1.44. The highest BCUT2D eigenvalue weighted by atomic mass is 79.9. The van der Waals surface area contributed by atoms with Crippen LogP contribution in [0.2, 0.25) is 0 Å². The number of amides is 1. The van der Waals surface area contributed by atoms with Gasteiger partial charge in [-0.2, -0.15) is 0 Å². The maximum atomic E-state index is 12.7. The number of hydrogen-bond donors (Lipinski definition) is 1. The van der Waals surface area contributed by atoms with Crippen molar-refractivity contribution in [1.82, 2.24) is 10.2 Å². The molecule has 1 amide bonds. The second-order valence-electron chi connectivity index (χ2n) is 5.99. The first-order valence-electron chi connectivity index (χ1n) is 8.85. The first-order valence-corrected chi connectivity index (χ1v) is 9.65. The van der Waals surface area contributed by atoms with Gasteiger partial charge in [-0.3, -0.25) is 4.79 Å². The molecule has 29 heavy (non-hydrogen) atoms. The van der Waals surface area contributed by atoms with E-state index in [2.05, 4.69) is 31.4 Å². The van der Waals surface area contributed by atoms with E-state index in [1.165, 1.54) is 0 Å². The zero-order valence-corrected chi connectivity index (χ0v) is 17.0. The minimum absolute atomic E-state index is 0.264. The summed E-state index contributed by atoms with van der Waals surface area (Å²) in [6.45, 7) is 2.35. The van der Waals surface area contributed by atoms with Gasteiger partial charge in [-0.15, -0.1) is 10.2 Å². The third kappa shape index (κ3) is 4.22. The molecule has 0 unspecified atom stereocenters. The number of benzene rings is 2. The highest BCUT2D eigenvalue weighted by molar-refractivity contribution is 9.10. The van der Waals surface area contributed by atoms with Gasteiger partial charge >= 0.3 is 0 Å². The van der Waals surface area contributed by atoms with Gasteiger partial charge in [-0.1, -0.05) is 15.9 Å². The monoisotopic (exact) mass is 453 g/mol. The van der Waals surface area contributed by atoms with E-state index in [1.807, 2.05) is 13.0 Å². The molecule has 7 nitrogen and oxygen atoms in total. The molecule has 2 heterocycles. The minimum atomic E-state index is -0.264. The Balaban J connectivity index is 1.50. The van der Waals surface area contributed by atoms with E-state index in [4.69, 9.17) is 13.6 Å². The molecule has 8 heteroatoms. The quantitative estimate of drug-likeness (QED) is 0.419. The Morgan fingerprint density at radius 2 is 1.90 bits per heavy atom. The number of rotatable bonds is 6. The van der Waals surface area contributed by atoms with Gasteiger partial charge in [0.25, 0.3) is 11.8 Å². The van der Waals surface area contributed by atoms with Gasteiger partial charge in [0.2, 0.25) is 5.89 Å². The lowest BCUT2D eigenvalue weighted by Crippen LogP contribution is -2.13. The van der Waals surface area contributed by atoms with Gasteiger partial charge < -0.3 is 18.9 Å². The third-order valence-electron chi connectivity index (χ3n) is 4.03. The Labute approximate surface area is 174 Å². The maximum absolute atomic E-state index is 12.7. The minimum Gasteiger partial charge on any atom is -0.493 e. The largest absolute Gasteiger partial charge is 0.493 e. The van der Waals surface area contributed by atoms with Crippen LogP contribution in [0.1, 0.15) is 17.3 Å². The molecule has 0 aliphatic carbocycles. The predicted octanol–water partition coefficient (Wildman–Crippen LogP) is 5.41. The molecule has 0 aliphatic heterocycles. The molecule has 4 aromatic rings. The fraction of sp³-hybridized carbons (Fsp3) is 0.0952. The Hall–Kier alpha value is -3.39. The van der Waals surface area contributed by atoms with Crippen LogP contribution in [0.5, 0.6) is 5.75 Å². The van der Waals surface area contributed by atoms with E-state index in [0.717, 1.165) is 10.0 Å². The maximum Gasteiger partial charge on any atom is 0.283 e. The van der Waals surface area contributed by atoms with Crippen LogP contribution in [0.15, 0.2) is 74.2 Å². The molecule has 0 bridgehead atoms. The Morgan fingerprint density at radius 1 is 1.10 bits per heavy atom. The smallest absolute Gasteiger partial charge is 0.283 e. The van der Waals surface area contributed by atoms with Crippen LogP contribution in [0.3, 0.4) is 0 Å². The average molecular weight is 454 g/mol. The van der Waals surface area contributed by atoms with Gasteiger partial charge in [0.1, 0.15) is 5.75 Å². The fourth-order valence-electron chi connectivity index (χ4n) is 2.70. The first kappa shape index (κ1) is 18.9. The van der Waals surface area contributed by atoms with E-state index < -0.39 is 0 Å². The standard InChI is InChI=1S/C21H16BrN3O4/c1-2-27-17-10-7-14(22)12-16(17)19(26)23-15-8-5-13(6-9-15)20-24-25-21(29-20)18-4-3-11-28-18/h3-12H,2H2,1H3,(H,23,26). The van der Waals surface area contributed by atoms with Crippen molar-refractivity contribution >= 4 is 27.5 Å². The van der Waals surface area contributed by atoms with Crippen molar-refractivity contribution in [2.45, 2.75) is 6.92 Å². The topological polar surface area (TPSA) is 90.4 Å². The summed E-state index contributed by atoms with van der Waals surface area (Å²) in [4.78, 5) is 12.7. The molecule has 0 radical (unpaired) electrons. The normalized spacial score (nSPS) is 10.7. The summed E-state index contributed by atoms with van der Waals surface area (Å²) in [5, 5.41) is 10.9. The molecule has 0 saturated heterocycles. The highest BCUT2D eigenvalue weighted by Crippen LogP contribution is 2.27. The number of furan rings is 1. The molecule has 2 aromatic carbocycles. The molecule has 2 aromatic heterocycles. The van der Waals surface area contributed by atoms with E-state index in [-0.39, 0.29) is 5.91 Å². The van der Waals surface area contributed by atoms with Crippen LogP contribution >= 0.6 is 15.9 Å². The molecular weight excluding hydrogens is 438 g/mol. The van der Waals surface area contributed by atoms with Crippen LogP contribution in [-0.2, 0) is 0 Å². The van der Waals surface area contributed by atoms with Gasteiger partial charge in [0.05, 0.1) is 18.4 Å². The number of anilines is 1. The summed E-state index contributed by atoms with van der Waals surface area (Å²) in [5.41, 5.74) is 1.81. The number of halogens is 1. The van der Waals surface area contributed by atoms with Crippen LogP contribution < -0.4 is 10.1 Å². The average Bonchev–Trinajstić information content (AvgIpc) is 3.42. The van der Waals surface area contributed by atoms with E-state index in [9.17, 15) is 4.79 Å². The van der Waals surface area contributed by atoms with Crippen molar-refractivity contribution < 1.29 is 18.4 Å². The highest BCUT2D eigenvalue weighted by Gasteiger charge is 2.15. The molecule has 0 spiro atoms. The number of nitrogens with zero attached hydrogens (tertiary/aromatic N) is 2. The molecular formula is C21H16BrN3O4. The van der Waals surface area contributed by atoms with Crippen molar-refractivity contribution in [2.75, 3.05) is 11.9 Å². The summed E-state index contributed by atoms with van der Waals surface area (Å²) in [7, 11) is 0. The van der Waals surface area contributed by atoms with Gasteiger partial charge in [0.15, 0.2) is 5.76 Å². The van der Waals surface area contributed by atoms with Crippen molar-refractivity contribution in [3.05, 3.63) is 70.9 Å². The van der Waals surface area contributed by atoms with Crippen LogP contribution in [0, 0.1) is 0 Å². The Kier molecular flexibility index (Phi) is 5.44. The number of hydrogen-bond acceptors (Lipinski definition) is 6. The zero-order valence-electron chi connectivity index (χ0n) is 15.4. The van der Waals surface area contributed by atoms with Crippen molar-refractivity contribution in [2.24, 2.45) is 0 Å². The molecule has 0 atom stereocenters. The number of aromatic nitrogens is 2. The molecule has 0 fully saturated rings. The van der Waals surface area contributed by atoms with Gasteiger partial charge in [-0.05, 0) is 61.5 Å². The lowest BCUT2D eigenvalue weighted by Gasteiger charge is -2.11. The van der Waals surface area contributed by atoms with Crippen molar-refractivity contribution in [3.63, 3.8) is 0 Å². The second kappa shape index (κ2) is 8.32. The molecule has 1 N–H and O–H groups in total. The summed E-state index contributed by atoms with van der Waals surface area (Å²) >= 11 is 3.39. The third-order valence-corrected chi connectivity index (χ3v) is 4.53. The van der Waals surface area contributed by atoms with Crippen LogP contribution in [-0.4, -0.2) is 22.7 Å². The fourth-order valence-corrected chi connectivity index (χ4v) is 3.06. The SMILES string of the molecule is CCOc1ccc(Br)cc1C(=O)Nc1ccc(-c2nnc(-c3ccco3)o2)cc1. The number of carbonyl (C=O) groups is 1. The molecule has 0 saturated carbocycles. The summed E-state index contributed by atoms with van der Waals surface area (Å²) in [6, 6.07) is 15.9. The zero-order chi connectivity index (χ0) is 20.2. The van der Waals surface area contributed by atoms with Crippen LogP contribution in [0.25, 0.3) is 23.1 Å². The number of nitrogens with one attached hydrogen (secondary N) is 1. The first-order chi connectivity index (χ1) is 14.1. The molecule has 146 valence electrons. The lowest BCUT2D eigenvalue weighted by molar-refractivity contribution is 0.102. The van der Waals surface area contributed by atoms with E-state index in [1.54, 1.807) is 54.8 Å². The summed E-state index contributed by atoms with van der Waals surface area (Å²) < 4.78 is 17.2. The predicted molar refractivity (Wildman–Crippen MR) is 111 cm³/mol. The molecule has 4 rings (SSSR count). The Bertz CT molecular complexity index is 1120. The lowest BCUT2D eigenvalue weighted by atomic mass is 10.1. The number of ether oxygens (including phenoxy) is 1. The van der Waals surface area contributed by atoms with Gasteiger partial charge in [0, 0.05) is 15.7 Å². The Morgan fingerprint density at radius 3 is 2.62 bits per heavy atom. The summed E-state index contributed by atoms with van der Waals surface area (Å²) in [6.07, 6.45) is 1.54. The van der Waals surface area contributed by atoms with Gasteiger partial charge in [-0.25, -0.2) is 0 Å². The van der Waals surface area contributed by atoms with Crippen molar-refractivity contribution in [3.8, 4) is 28.9 Å². The van der Waals surface area contributed by atoms with E-state index >= 15 is 0 Å². The van der Waals surface area contributed by atoms with Crippen LogP contribution in [0.4, 0.5) is 5.69 Å².